The summed E-state index contributed by atoms with van der Waals surface area (Å²) in [5.74, 6) is 1.49. The number of hydrogen-bond acceptors (Lipinski definition) is 4. The van der Waals surface area contributed by atoms with Crippen LogP contribution in [0.3, 0.4) is 0 Å². The number of aryl methyl sites for hydroxylation is 2. The van der Waals surface area contributed by atoms with E-state index in [0.29, 0.717) is 5.82 Å². The van der Waals surface area contributed by atoms with Crippen LogP contribution in [-0.4, -0.2) is 16.5 Å². The molecule has 3 rings (SSSR count). The number of fused-ring (bicyclic) bond motifs is 1. The van der Waals surface area contributed by atoms with Crippen molar-refractivity contribution in [3.63, 3.8) is 0 Å². The van der Waals surface area contributed by atoms with Gasteiger partial charge in [-0.25, -0.2) is 9.97 Å². The molecule has 98 valence electrons. The van der Waals surface area contributed by atoms with Gasteiger partial charge in [0.25, 0.3) is 0 Å². The van der Waals surface area contributed by atoms with Gasteiger partial charge < -0.3 is 10.6 Å². The van der Waals surface area contributed by atoms with Crippen molar-refractivity contribution in [3.05, 3.63) is 41.2 Å². The highest BCUT2D eigenvalue weighted by Gasteiger charge is 2.21. The highest BCUT2D eigenvalue weighted by atomic mass is 15.2. The zero-order valence-electron chi connectivity index (χ0n) is 11.3. The largest absolute Gasteiger partial charge is 0.383 e. The van der Waals surface area contributed by atoms with E-state index in [1.54, 1.807) is 6.33 Å². The lowest BCUT2D eigenvalue weighted by Gasteiger charge is -2.31. The van der Waals surface area contributed by atoms with Gasteiger partial charge >= 0.3 is 0 Å². The fourth-order valence-corrected chi connectivity index (χ4v) is 2.67. The fourth-order valence-electron chi connectivity index (χ4n) is 2.67. The van der Waals surface area contributed by atoms with Gasteiger partial charge in [0.1, 0.15) is 18.0 Å². The van der Waals surface area contributed by atoms with Gasteiger partial charge in [0, 0.05) is 17.8 Å². The minimum Gasteiger partial charge on any atom is -0.383 e. The Hall–Kier alpha value is -2.10. The van der Waals surface area contributed by atoms with Crippen LogP contribution in [0.25, 0.3) is 0 Å². The summed E-state index contributed by atoms with van der Waals surface area (Å²) in [6.45, 7) is 5.09. The maximum Gasteiger partial charge on any atom is 0.141 e. The average molecular weight is 254 g/mol. The summed E-state index contributed by atoms with van der Waals surface area (Å²) in [6, 6.07) is 6.60. The molecule has 0 fully saturated rings. The standard InChI is InChI=1S/C15H18N4/c1-10-5-6-13-12(8-10)4-3-7-19(13)15-11(2)14(16)17-9-18-15/h5-6,8-9H,3-4,7H2,1-2H3,(H2,16,17,18). The van der Waals surface area contributed by atoms with Crippen molar-refractivity contribution in [1.82, 2.24) is 9.97 Å². The Morgan fingerprint density at radius 1 is 1.21 bits per heavy atom. The van der Waals surface area contributed by atoms with Crippen LogP contribution in [0.2, 0.25) is 0 Å². The lowest BCUT2D eigenvalue weighted by atomic mass is 9.99. The maximum absolute atomic E-state index is 5.89. The number of hydrogen-bond donors (Lipinski definition) is 1. The van der Waals surface area contributed by atoms with Crippen LogP contribution in [-0.2, 0) is 6.42 Å². The molecule has 2 heterocycles. The van der Waals surface area contributed by atoms with Crippen LogP contribution in [0.4, 0.5) is 17.3 Å². The van der Waals surface area contributed by atoms with Crippen molar-refractivity contribution < 1.29 is 0 Å². The Morgan fingerprint density at radius 3 is 2.89 bits per heavy atom. The lowest BCUT2D eigenvalue weighted by molar-refractivity contribution is 0.756. The molecule has 0 saturated carbocycles. The minimum atomic E-state index is 0.559. The number of nitrogens with two attached hydrogens (primary N) is 1. The van der Waals surface area contributed by atoms with E-state index in [4.69, 9.17) is 5.73 Å². The van der Waals surface area contributed by atoms with Crippen LogP contribution >= 0.6 is 0 Å². The Labute approximate surface area is 113 Å². The summed E-state index contributed by atoms with van der Waals surface area (Å²) in [4.78, 5) is 10.7. The molecule has 0 aliphatic carbocycles. The number of aromatic nitrogens is 2. The molecular formula is C15H18N4. The van der Waals surface area contributed by atoms with Gasteiger partial charge in [0.15, 0.2) is 0 Å². The number of nitrogen functional groups attached to an aromatic ring is 1. The van der Waals surface area contributed by atoms with Crippen molar-refractivity contribution in [3.8, 4) is 0 Å². The number of rotatable bonds is 1. The lowest BCUT2D eigenvalue weighted by Crippen LogP contribution is -2.26. The quantitative estimate of drug-likeness (QED) is 0.850. The molecular weight excluding hydrogens is 236 g/mol. The Kier molecular flexibility index (Phi) is 2.85. The van der Waals surface area contributed by atoms with Gasteiger partial charge in [-0.05, 0) is 38.3 Å². The molecule has 19 heavy (non-hydrogen) atoms. The summed E-state index contributed by atoms with van der Waals surface area (Å²) in [5, 5.41) is 0. The van der Waals surface area contributed by atoms with E-state index in [9.17, 15) is 0 Å². The minimum absolute atomic E-state index is 0.559. The molecule has 1 aliphatic rings. The maximum atomic E-state index is 5.89. The molecule has 4 heteroatoms. The van der Waals surface area contributed by atoms with E-state index in [0.717, 1.165) is 30.8 Å². The van der Waals surface area contributed by atoms with Gasteiger partial charge in [-0.1, -0.05) is 17.7 Å². The van der Waals surface area contributed by atoms with E-state index in [2.05, 4.69) is 40.0 Å². The zero-order valence-corrected chi connectivity index (χ0v) is 11.3. The van der Waals surface area contributed by atoms with Crippen LogP contribution in [0.5, 0.6) is 0 Å². The smallest absolute Gasteiger partial charge is 0.141 e. The molecule has 1 aromatic carbocycles. The number of nitrogens with zero attached hydrogens (tertiary/aromatic N) is 3. The van der Waals surface area contributed by atoms with Crippen LogP contribution in [0, 0.1) is 13.8 Å². The number of anilines is 3. The van der Waals surface area contributed by atoms with Gasteiger partial charge in [-0.15, -0.1) is 0 Å². The summed E-state index contributed by atoms with van der Waals surface area (Å²) in [5.41, 5.74) is 10.8. The fraction of sp³-hybridized carbons (Fsp3) is 0.333. The van der Waals surface area contributed by atoms with Crippen molar-refractivity contribution in [2.24, 2.45) is 0 Å². The first kappa shape index (κ1) is 12.0. The van der Waals surface area contributed by atoms with Gasteiger partial charge in [-0.3, -0.25) is 0 Å². The molecule has 1 aromatic heterocycles. The molecule has 0 unspecified atom stereocenters. The highest BCUT2D eigenvalue weighted by molar-refractivity contribution is 5.70. The first-order chi connectivity index (χ1) is 9.16. The first-order valence-corrected chi connectivity index (χ1v) is 6.61. The zero-order chi connectivity index (χ0) is 13.4. The summed E-state index contributed by atoms with van der Waals surface area (Å²) in [7, 11) is 0. The van der Waals surface area contributed by atoms with Crippen molar-refractivity contribution >= 4 is 17.3 Å². The topological polar surface area (TPSA) is 55.0 Å². The first-order valence-electron chi connectivity index (χ1n) is 6.61. The van der Waals surface area contributed by atoms with E-state index in [1.165, 1.54) is 16.8 Å². The molecule has 0 radical (unpaired) electrons. The second kappa shape index (κ2) is 4.53. The van der Waals surface area contributed by atoms with Gasteiger partial charge in [0.2, 0.25) is 0 Å². The molecule has 0 saturated heterocycles. The third-order valence-electron chi connectivity index (χ3n) is 3.71. The van der Waals surface area contributed by atoms with E-state index in [1.807, 2.05) is 6.92 Å². The molecule has 0 amide bonds. The van der Waals surface area contributed by atoms with Crippen LogP contribution in [0.1, 0.15) is 23.1 Å². The molecule has 0 spiro atoms. The third-order valence-corrected chi connectivity index (χ3v) is 3.71. The normalized spacial score (nSPS) is 14.3. The van der Waals surface area contributed by atoms with Crippen molar-refractivity contribution in [1.29, 1.82) is 0 Å². The summed E-state index contributed by atoms with van der Waals surface area (Å²) in [6.07, 6.45) is 3.81. The molecule has 0 bridgehead atoms. The van der Waals surface area contributed by atoms with Crippen molar-refractivity contribution in [2.75, 3.05) is 17.2 Å². The monoisotopic (exact) mass is 254 g/mol. The van der Waals surface area contributed by atoms with E-state index in [-0.39, 0.29) is 0 Å². The second-order valence-corrected chi connectivity index (χ2v) is 5.09. The molecule has 0 atom stereocenters. The third kappa shape index (κ3) is 2.03. The van der Waals surface area contributed by atoms with E-state index < -0.39 is 0 Å². The second-order valence-electron chi connectivity index (χ2n) is 5.09. The summed E-state index contributed by atoms with van der Waals surface area (Å²) < 4.78 is 0. The Morgan fingerprint density at radius 2 is 2.05 bits per heavy atom. The molecule has 2 N–H and O–H groups in total. The summed E-state index contributed by atoms with van der Waals surface area (Å²) >= 11 is 0. The predicted molar refractivity (Wildman–Crippen MR) is 77.7 cm³/mol. The Bertz CT molecular complexity index is 622. The Balaban J connectivity index is 2.11. The predicted octanol–water partition coefficient (Wildman–Crippen LogP) is 2.76. The van der Waals surface area contributed by atoms with Crippen molar-refractivity contribution in [2.45, 2.75) is 26.7 Å². The highest BCUT2D eigenvalue weighted by Crippen LogP contribution is 2.35. The van der Waals surface area contributed by atoms with Crippen LogP contribution in [0.15, 0.2) is 24.5 Å². The SMILES string of the molecule is Cc1ccc2c(c1)CCCN2c1ncnc(N)c1C. The number of benzene rings is 1. The molecule has 1 aliphatic heterocycles. The molecule has 2 aromatic rings. The van der Waals surface area contributed by atoms with Crippen LogP contribution < -0.4 is 10.6 Å². The average Bonchev–Trinajstić information content (AvgIpc) is 2.41. The van der Waals surface area contributed by atoms with Gasteiger partial charge in [0.05, 0.1) is 0 Å². The molecule has 4 nitrogen and oxygen atoms in total. The van der Waals surface area contributed by atoms with Gasteiger partial charge in [-0.2, -0.15) is 0 Å². The van der Waals surface area contributed by atoms with E-state index >= 15 is 0 Å².